The molecule has 1 unspecified atom stereocenters. The van der Waals surface area contributed by atoms with E-state index in [1.165, 1.54) is 25.7 Å². The molecule has 0 spiro atoms. The number of ether oxygens (including phenoxy) is 1. The van der Waals surface area contributed by atoms with Gasteiger partial charge in [0.05, 0.1) is 12.6 Å². The fraction of sp³-hybridized carbons (Fsp3) is 0.909. The highest BCUT2D eigenvalue weighted by Gasteiger charge is 2.23. The number of nitrogens with one attached hydrogen (secondary N) is 1. The SMILES string of the molecule is CN(CC1CCCOC1)C(=NC1CC1)NN. The molecule has 0 bridgehead atoms. The van der Waals surface area contributed by atoms with E-state index in [0.717, 1.165) is 25.7 Å². The summed E-state index contributed by atoms with van der Waals surface area (Å²) in [7, 11) is 2.04. The van der Waals surface area contributed by atoms with Crippen molar-refractivity contribution in [1.82, 2.24) is 10.3 Å². The van der Waals surface area contributed by atoms with Crippen molar-refractivity contribution in [2.45, 2.75) is 31.7 Å². The van der Waals surface area contributed by atoms with Gasteiger partial charge in [0.15, 0.2) is 0 Å². The lowest BCUT2D eigenvalue weighted by Crippen LogP contribution is -2.45. The zero-order chi connectivity index (χ0) is 11.4. The zero-order valence-electron chi connectivity index (χ0n) is 9.98. The van der Waals surface area contributed by atoms with Crippen LogP contribution in [0.5, 0.6) is 0 Å². The van der Waals surface area contributed by atoms with Crippen LogP contribution in [0.4, 0.5) is 0 Å². The van der Waals surface area contributed by atoms with E-state index in [-0.39, 0.29) is 0 Å². The molecule has 1 atom stereocenters. The Morgan fingerprint density at radius 2 is 2.31 bits per heavy atom. The van der Waals surface area contributed by atoms with Crippen LogP contribution in [-0.2, 0) is 4.74 Å². The van der Waals surface area contributed by atoms with Crippen molar-refractivity contribution in [1.29, 1.82) is 0 Å². The van der Waals surface area contributed by atoms with Crippen LogP contribution >= 0.6 is 0 Å². The first-order valence-corrected chi connectivity index (χ1v) is 6.13. The molecule has 16 heavy (non-hydrogen) atoms. The normalized spacial score (nSPS) is 26.6. The molecule has 1 saturated carbocycles. The zero-order valence-corrected chi connectivity index (χ0v) is 9.98. The first-order valence-electron chi connectivity index (χ1n) is 6.13. The van der Waals surface area contributed by atoms with Gasteiger partial charge in [-0.15, -0.1) is 0 Å². The minimum Gasteiger partial charge on any atom is -0.381 e. The average Bonchev–Trinajstić information content (AvgIpc) is 3.11. The lowest BCUT2D eigenvalue weighted by atomic mass is 10.0. The van der Waals surface area contributed by atoms with Crippen LogP contribution in [0.3, 0.4) is 0 Å². The predicted octanol–water partition coefficient (Wildman–Crippen LogP) is 0.327. The molecule has 0 aromatic carbocycles. The highest BCUT2D eigenvalue weighted by molar-refractivity contribution is 5.79. The summed E-state index contributed by atoms with van der Waals surface area (Å²) in [4.78, 5) is 6.65. The first kappa shape index (κ1) is 11.7. The quantitative estimate of drug-likeness (QED) is 0.315. The van der Waals surface area contributed by atoms with Crippen molar-refractivity contribution < 1.29 is 4.74 Å². The average molecular weight is 226 g/mol. The van der Waals surface area contributed by atoms with E-state index in [1.54, 1.807) is 0 Å². The molecule has 2 fully saturated rings. The molecule has 5 heteroatoms. The van der Waals surface area contributed by atoms with E-state index in [1.807, 2.05) is 7.05 Å². The second-order valence-corrected chi connectivity index (χ2v) is 4.79. The number of guanidine groups is 1. The maximum atomic E-state index is 5.50. The monoisotopic (exact) mass is 226 g/mol. The summed E-state index contributed by atoms with van der Waals surface area (Å²) < 4.78 is 5.47. The smallest absolute Gasteiger partial charge is 0.208 e. The Balaban J connectivity index is 1.81. The molecule has 5 nitrogen and oxygen atoms in total. The lowest BCUT2D eigenvalue weighted by Gasteiger charge is -2.28. The Hall–Kier alpha value is -0.810. The largest absolute Gasteiger partial charge is 0.381 e. The van der Waals surface area contributed by atoms with E-state index in [2.05, 4.69) is 15.3 Å². The Labute approximate surface area is 97.0 Å². The van der Waals surface area contributed by atoms with Crippen molar-refractivity contribution in [2.24, 2.45) is 16.8 Å². The van der Waals surface area contributed by atoms with Crippen LogP contribution in [0.1, 0.15) is 25.7 Å². The summed E-state index contributed by atoms with van der Waals surface area (Å²) in [6.45, 7) is 2.75. The molecule has 0 aromatic heterocycles. The fourth-order valence-corrected chi connectivity index (χ4v) is 2.05. The highest BCUT2D eigenvalue weighted by Crippen LogP contribution is 2.23. The number of hydrogen-bond donors (Lipinski definition) is 2. The van der Waals surface area contributed by atoms with Gasteiger partial charge >= 0.3 is 0 Å². The molecule has 2 aliphatic rings. The highest BCUT2D eigenvalue weighted by atomic mass is 16.5. The lowest BCUT2D eigenvalue weighted by molar-refractivity contribution is 0.0482. The Morgan fingerprint density at radius 3 is 2.88 bits per heavy atom. The van der Waals surface area contributed by atoms with Crippen molar-refractivity contribution >= 4 is 5.96 Å². The summed E-state index contributed by atoms with van der Waals surface area (Å²) in [6.07, 6.45) is 4.81. The van der Waals surface area contributed by atoms with E-state index in [9.17, 15) is 0 Å². The maximum absolute atomic E-state index is 5.50. The van der Waals surface area contributed by atoms with E-state index >= 15 is 0 Å². The van der Waals surface area contributed by atoms with Gasteiger partial charge in [0, 0.05) is 20.2 Å². The molecule has 3 N–H and O–H groups in total. The molecule has 1 saturated heterocycles. The molecule has 2 rings (SSSR count). The van der Waals surface area contributed by atoms with Crippen molar-refractivity contribution in [3.8, 4) is 0 Å². The molecule has 1 aliphatic heterocycles. The number of nitrogens with two attached hydrogens (primary N) is 1. The van der Waals surface area contributed by atoms with Crippen LogP contribution in [0.2, 0.25) is 0 Å². The minimum absolute atomic E-state index is 0.496. The predicted molar refractivity (Wildman–Crippen MR) is 64.0 cm³/mol. The fourth-order valence-electron chi connectivity index (χ4n) is 2.05. The summed E-state index contributed by atoms with van der Waals surface area (Å²) in [5.41, 5.74) is 2.70. The molecule has 0 aromatic rings. The van der Waals surface area contributed by atoms with Crippen LogP contribution in [0.25, 0.3) is 0 Å². The molecular formula is C11H22N4O. The van der Waals surface area contributed by atoms with Gasteiger partial charge in [0.2, 0.25) is 5.96 Å². The third kappa shape index (κ3) is 3.35. The Morgan fingerprint density at radius 1 is 1.50 bits per heavy atom. The summed E-state index contributed by atoms with van der Waals surface area (Å²) >= 11 is 0. The van der Waals surface area contributed by atoms with Crippen molar-refractivity contribution in [3.63, 3.8) is 0 Å². The second kappa shape index (κ2) is 5.50. The maximum Gasteiger partial charge on any atom is 0.208 e. The van der Waals surface area contributed by atoms with Gasteiger partial charge in [-0.25, -0.2) is 10.8 Å². The Kier molecular flexibility index (Phi) is 4.01. The second-order valence-electron chi connectivity index (χ2n) is 4.79. The van der Waals surface area contributed by atoms with Gasteiger partial charge in [-0.05, 0) is 31.6 Å². The van der Waals surface area contributed by atoms with Crippen LogP contribution in [-0.4, -0.2) is 43.7 Å². The van der Waals surface area contributed by atoms with Gasteiger partial charge < -0.3 is 9.64 Å². The van der Waals surface area contributed by atoms with Crippen LogP contribution in [0.15, 0.2) is 4.99 Å². The number of nitrogens with zero attached hydrogens (tertiary/aromatic N) is 2. The van der Waals surface area contributed by atoms with E-state index in [0.29, 0.717) is 12.0 Å². The molecule has 0 radical (unpaired) electrons. The van der Waals surface area contributed by atoms with Gasteiger partial charge in [-0.1, -0.05) is 0 Å². The van der Waals surface area contributed by atoms with Gasteiger partial charge in [0.1, 0.15) is 0 Å². The number of aliphatic imine (C=N–C) groups is 1. The van der Waals surface area contributed by atoms with Crippen LogP contribution < -0.4 is 11.3 Å². The third-order valence-corrected chi connectivity index (χ3v) is 3.13. The van der Waals surface area contributed by atoms with E-state index < -0.39 is 0 Å². The number of hydrogen-bond acceptors (Lipinski definition) is 3. The van der Waals surface area contributed by atoms with Crippen LogP contribution in [0, 0.1) is 5.92 Å². The third-order valence-electron chi connectivity index (χ3n) is 3.13. The van der Waals surface area contributed by atoms with Gasteiger partial charge in [0.25, 0.3) is 0 Å². The minimum atomic E-state index is 0.496. The number of hydrazine groups is 1. The topological polar surface area (TPSA) is 62.9 Å². The van der Waals surface area contributed by atoms with E-state index in [4.69, 9.17) is 10.6 Å². The molecule has 92 valence electrons. The standard InChI is InChI=1S/C11H22N4O/c1-15(7-9-3-2-6-16-8-9)11(14-12)13-10-4-5-10/h9-10H,2-8,12H2,1H3,(H,13,14). The molecule has 0 amide bonds. The van der Waals surface area contributed by atoms with Gasteiger partial charge in [-0.2, -0.15) is 0 Å². The van der Waals surface area contributed by atoms with Gasteiger partial charge in [-0.3, -0.25) is 5.43 Å². The Bertz CT molecular complexity index is 246. The molecule has 1 aliphatic carbocycles. The molecule has 1 heterocycles. The summed E-state index contributed by atoms with van der Waals surface area (Å²) in [5, 5.41) is 0. The summed E-state index contributed by atoms with van der Waals surface area (Å²) in [5.74, 6) is 6.92. The molecular weight excluding hydrogens is 204 g/mol. The summed E-state index contributed by atoms with van der Waals surface area (Å²) in [6, 6.07) is 0.496. The van der Waals surface area contributed by atoms with Crippen molar-refractivity contribution in [3.05, 3.63) is 0 Å². The van der Waals surface area contributed by atoms with Crippen molar-refractivity contribution in [2.75, 3.05) is 26.8 Å². The number of rotatable bonds is 3. The first-order chi connectivity index (χ1) is 7.79.